The van der Waals surface area contributed by atoms with E-state index in [9.17, 15) is 30.7 Å². The van der Waals surface area contributed by atoms with Crippen LogP contribution in [0.1, 0.15) is 11.1 Å². The molecule has 1 aromatic rings. The molecule has 0 bridgehead atoms. The maximum absolute atomic E-state index is 13.2. The van der Waals surface area contributed by atoms with Crippen molar-refractivity contribution >= 4 is 0 Å². The van der Waals surface area contributed by atoms with E-state index in [1.54, 1.807) is 0 Å². The van der Waals surface area contributed by atoms with Crippen LogP contribution in [-0.2, 0) is 12.3 Å². The van der Waals surface area contributed by atoms with Crippen LogP contribution in [0.5, 0.6) is 0 Å². The summed E-state index contributed by atoms with van der Waals surface area (Å²) in [4.78, 5) is 0. The average molecular weight is 273 g/mol. The van der Waals surface area contributed by atoms with E-state index < -0.39 is 23.6 Å². The van der Waals surface area contributed by atoms with E-state index in [1.807, 2.05) is 0 Å². The molecule has 0 fully saturated rings. The van der Waals surface area contributed by atoms with Gasteiger partial charge in [0, 0.05) is 5.56 Å². The van der Waals surface area contributed by atoms with Crippen molar-refractivity contribution in [3.8, 4) is 0 Å². The second-order valence-corrected chi connectivity index (χ2v) is 3.59. The third-order valence-corrected chi connectivity index (χ3v) is 2.36. The molecule has 1 aromatic carbocycles. The fourth-order valence-corrected chi connectivity index (χ4v) is 1.24. The van der Waals surface area contributed by atoms with Crippen LogP contribution in [-0.4, -0.2) is 12.1 Å². The van der Waals surface area contributed by atoms with E-state index in [0.29, 0.717) is 17.7 Å². The summed E-state index contributed by atoms with van der Waals surface area (Å²) in [5.74, 6) is -11.4. The molecule has 18 heavy (non-hydrogen) atoms. The first-order chi connectivity index (χ1) is 8.04. The van der Waals surface area contributed by atoms with Crippen LogP contribution in [0.15, 0.2) is 24.3 Å². The third kappa shape index (κ3) is 2.30. The van der Waals surface area contributed by atoms with E-state index in [4.69, 9.17) is 0 Å². The van der Waals surface area contributed by atoms with E-state index in [-0.39, 0.29) is 6.42 Å². The molecule has 0 spiro atoms. The molecule has 1 radical (unpaired) electrons. The van der Waals surface area contributed by atoms with E-state index >= 15 is 0 Å². The lowest BCUT2D eigenvalue weighted by Crippen LogP contribution is -2.50. The molecule has 1 rings (SSSR count). The van der Waals surface area contributed by atoms with Gasteiger partial charge < -0.3 is 0 Å². The smallest absolute Gasteiger partial charge is 0.194 e. The Morgan fingerprint density at radius 3 is 1.61 bits per heavy atom. The van der Waals surface area contributed by atoms with Crippen molar-refractivity contribution in [3.63, 3.8) is 0 Å². The zero-order chi connectivity index (χ0) is 14.2. The van der Waals surface area contributed by atoms with Crippen molar-refractivity contribution in [1.82, 2.24) is 0 Å². The van der Waals surface area contributed by atoms with Gasteiger partial charge in [0.15, 0.2) is 0 Å². The summed E-state index contributed by atoms with van der Waals surface area (Å²) in [7, 11) is 0. The molecule has 0 atom stereocenters. The van der Waals surface area contributed by atoms with Crippen molar-refractivity contribution in [2.24, 2.45) is 0 Å². The van der Waals surface area contributed by atoms with Crippen LogP contribution in [0.3, 0.4) is 0 Å². The molecule has 0 aliphatic carbocycles. The zero-order valence-electron chi connectivity index (χ0n) is 8.87. The van der Waals surface area contributed by atoms with Gasteiger partial charge in [-0.3, -0.25) is 0 Å². The van der Waals surface area contributed by atoms with E-state index in [2.05, 4.69) is 6.92 Å². The van der Waals surface area contributed by atoms with Gasteiger partial charge in [0.1, 0.15) is 0 Å². The molecule has 0 aliphatic rings. The van der Waals surface area contributed by atoms with Crippen LogP contribution < -0.4 is 0 Å². The van der Waals surface area contributed by atoms with Gasteiger partial charge >= 0.3 is 18.0 Å². The van der Waals surface area contributed by atoms with Crippen molar-refractivity contribution in [3.05, 3.63) is 42.3 Å². The molecular formula is C11H8F7. The molecule has 0 saturated heterocycles. The Morgan fingerprint density at radius 1 is 0.833 bits per heavy atom. The molecule has 101 valence electrons. The Morgan fingerprint density at radius 2 is 1.28 bits per heavy atom. The summed E-state index contributed by atoms with van der Waals surface area (Å²) in [5.41, 5.74) is -0.938. The van der Waals surface area contributed by atoms with Gasteiger partial charge in [0.2, 0.25) is 0 Å². The highest BCUT2D eigenvalue weighted by atomic mass is 19.4. The summed E-state index contributed by atoms with van der Waals surface area (Å²) in [6, 6.07) is 3.14. The number of benzene rings is 1. The van der Waals surface area contributed by atoms with Gasteiger partial charge in [-0.1, -0.05) is 24.3 Å². The maximum atomic E-state index is 13.2. The van der Waals surface area contributed by atoms with Gasteiger partial charge in [0.05, 0.1) is 0 Å². The van der Waals surface area contributed by atoms with Gasteiger partial charge in [-0.25, -0.2) is 0 Å². The third-order valence-electron chi connectivity index (χ3n) is 2.36. The monoisotopic (exact) mass is 273 g/mol. The second kappa shape index (κ2) is 4.44. The number of halogens is 7. The minimum Gasteiger partial charge on any atom is -0.194 e. The summed E-state index contributed by atoms with van der Waals surface area (Å²) in [5, 5.41) is 0. The summed E-state index contributed by atoms with van der Waals surface area (Å²) in [6.07, 6.45) is -6.11. The molecule has 7 heteroatoms. The number of hydrogen-bond donors (Lipinski definition) is 0. The molecule has 0 nitrogen and oxygen atoms in total. The number of hydrogen-bond acceptors (Lipinski definition) is 0. The Bertz CT molecular complexity index is 402. The zero-order valence-corrected chi connectivity index (χ0v) is 8.87. The standard InChI is InChI=1S/C11H8F7/c1-2-7-3-5-8(6-4-7)9(12,13)10(14,15)11(16,17)18/h3-6H,1-2H2. The molecule has 0 N–H and O–H groups in total. The molecule has 0 aliphatic heterocycles. The largest absolute Gasteiger partial charge is 0.460 e. The van der Waals surface area contributed by atoms with Gasteiger partial charge in [-0.05, 0) is 18.9 Å². The minimum atomic E-state index is -6.32. The highest BCUT2D eigenvalue weighted by Crippen LogP contribution is 2.51. The van der Waals surface area contributed by atoms with Crippen molar-refractivity contribution in [2.45, 2.75) is 24.4 Å². The molecule has 0 unspecified atom stereocenters. The highest BCUT2D eigenvalue weighted by molar-refractivity contribution is 5.28. The Balaban J connectivity index is 3.19. The lowest BCUT2D eigenvalue weighted by Gasteiger charge is -2.28. The van der Waals surface area contributed by atoms with E-state index in [0.717, 1.165) is 12.1 Å². The summed E-state index contributed by atoms with van der Waals surface area (Å²) < 4.78 is 87.5. The van der Waals surface area contributed by atoms with E-state index in [1.165, 1.54) is 0 Å². The highest BCUT2D eigenvalue weighted by Gasteiger charge is 2.73. The Labute approximate surface area is 98.4 Å². The predicted octanol–water partition coefficient (Wildman–Crippen LogP) is 4.35. The first kappa shape index (κ1) is 14.8. The van der Waals surface area contributed by atoms with Crippen LogP contribution in [0.2, 0.25) is 0 Å². The molecule has 0 saturated carbocycles. The average Bonchev–Trinajstić information content (AvgIpc) is 2.27. The fraction of sp³-hybridized carbons (Fsp3) is 0.364. The normalized spacial score (nSPS) is 13.8. The molecule has 0 heterocycles. The first-order valence-corrected chi connectivity index (χ1v) is 4.75. The van der Waals surface area contributed by atoms with Crippen molar-refractivity contribution < 1.29 is 30.7 Å². The lowest BCUT2D eigenvalue weighted by atomic mass is 10.00. The quantitative estimate of drug-likeness (QED) is 0.718. The Kier molecular flexibility index (Phi) is 3.65. The molecule has 0 aromatic heterocycles. The van der Waals surface area contributed by atoms with Crippen LogP contribution in [0.4, 0.5) is 30.7 Å². The van der Waals surface area contributed by atoms with Gasteiger partial charge in [0.25, 0.3) is 0 Å². The predicted molar refractivity (Wildman–Crippen MR) is 50.4 cm³/mol. The van der Waals surface area contributed by atoms with Crippen LogP contribution in [0, 0.1) is 6.92 Å². The summed E-state index contributed by atoms with van der Waals surface area (Å²) >= 11 is 0. The molecule has 0 amide bonds. The topological polar surface area (TPSA) is 0 Å². The number of alkyl halides is 7. The van der Waals surface area contributed by atoms with Gasteiger partial charge in [-0.2, -0.15) is 30.7 Å². The molecular weight excluding hydrogens is 265 g/mol. The lowest BCUT2D eigenvalue weighted by molar-refractivity contribution is -0.359. The maximum Gasteiger partial charge on any atom is 0.460 e. The van der Waals surface area contributed by atoms with Gasteiger partial charge in [-0.15, -0.1) is 0 Å². The van der Waals surface area contributed by atoms with Crippen molar-refractivity contribution in [2.75, 3.05) is 0 Å². The second-order valence-electron chi connectivity index (χ2n) is 3.59. The fourth-order valence-electron chi connectivity index (χ4n) is 1.24. The van der Waals surface area contributed by atoms with Crippen molar-refractivity contribution in [1.29, 1.82) is 0 Å². The number of rotatable bonds is 3. The van der Waals surface area contributed by atoms with Crippen LogP contribution in [0.25, 0.3) is 0 Å². The summed E-state index contributed by atoms with van der Waals surface area (Å²) in [6.45, 7) is 3.42. The Hall–Kier alpha value is -1.27. The minimum absolute atomic E-state index is 0.210. The van der Waals surface area contributed by atoms with Crippen LogP contribution >= 0.6 is 0 Å². The SMILES string of the molecule is [CH2]Cc1ccc(C(F)(F)C(F)(F)C(F)(F)F)cc1. The first-order valence-electron chi connectivity index (χ1n) is 4.75.